The first-order chi connectivity index (χ1) is 18.9. The fraction of sp³-hybridized carbons (Fsp3) is 0.514. The first-order valence-corrected chi connectivity index (χ1v) is 15.0. The van der Waals surface area contributed by atoms with Crippen LogP contribution in [-0.4, -0.2) is 22.0 Å². The molecule has 3 fully saturated rings. The van der Waals surface area contributed by atoms with Gasteiger partial charge in [-0.15, -0.1) is 0 Å². The number of hydrogen-bond donors (Lipinski definition) is 0. The summed E-state index contributed by atoms with van der Waals surface area (Å²) in [4.78, 5) is 22.7. The highest BCUT2D eigenvalue weighted by Gasteiger charge is 2.61. The van der Waals surface area contributed by atoms with E-state index in [-0.39, 0.29) is 22.9 Å². The molecule has 0 N–H and O–H groups in total. The lowest BCUT2D eigenvalue weighted by Crippen LogP contribution is -2.55. The highest BCUT2D eigenvalue weighted by molar-refractivity contribution is 5.78. The van der Waals surface area contributed by atoms with Gasteiger partial charge in [-0.3, -0.25) is 4.79 Å². The molecule has 4 aliphatic rings. The summed E-state index contributed by atoms with van der Waals surface area (Å²) in [5.74, 6) is 2.62. The van der Waals surface area contributed by atoms with Crippen LogP contribution in [0.5, 0.6) is 0 Å². The van der Waals surface area contributed by atoms with Crippen molar-refractivity contribution in [2.75, 3.05) is 0 Å². The quantitative estimate of drug-likeness (QED) is 0.332. The lowest BCUT2D eigenvalue weighted by atomic mass is 9.45. The predicted octanol–water partition coefficient (Wildman–Crippen LogP) is 7.70. The van der Waals surface area contributed by atoms with Crippen molar-refractivity contribution in [3.05, 3.63) is 72.1 Å². The van der Waals surface area contributed by atoms with Gasteiger partial charge in [-0.1, -0.05) is 74.5 Å². The Kier molecular flexibility index (Phi) is 5.95. The number of hydrogen-bond acceptors (Lipinski definition) is 4. The lowest BCUT2D eigenvalue weighted by molar-refractivity contribution is -0.160. The van der Waals surface area contributed by atoms with E-state index in [2.05, 4.69) is 74.5 Å². The molecule has 7 atom stereocenters. The maximum absolute atomic E-state index is 11.9. The van der Waals surface area contributed by atoms with Crippen LogP contribution in [0.4, 0.5) is 0 Å². The fourth-order valence-electron chi connectivity index (χ4n) is 9.49. The number of nitrogens with zero attached hydrogens (tertiary/aromatic N) is 2. The molecule has 3 aromatic rings. The second kappa shape index (κ2) is 9.28. The third-order valence-electron chi connectivity index (χ3n) is 11.4. The normalized spacial score (nSPS) is 34.8. The molecule has 202 valence electrons. The number of carbonyl (C=O) groups excluding carboxylic acids is 1. The molecule has 3 saturated carbocycles. The van der Waals surface area contributed by atoms with Crippen LogP contribution >= 0.6 is 0 Å². The number of aromatic nitrogens is 2. The minimum atomic E-state index is -0.119. The third-order valence-corrected chi connectivity index (χ3v) is 11.4. The van der Waals surface area contributed by atoms with Crippen LogP contribution in [0, 0.1) is 34.5 Å². The van der Waals surface area contributed by atoms with Gasteiger partial charge >= 0.3 is 5.97 Å². The summed E-state index contributed by atoms with van der Waals surface area (Å²) in [6.07, 6.45) is 9.35. The maximum atomic E-state index is 11.9. The van der Waals surface area contributed by atoms with Gasteiger partial charge in [-0.25, -0.2) is 9.97 Å². The number of carbonyl (C=O) groups is 1. The molecule has 0 aliphatic heterocycles. The number of benzene rings is 2. The van der Waals surface area contributed by atoms with Crippen LogP contribution in [0.2, 0.25) is 0 Å². The van der Waals surface area contributed by atoms with Crippen molar-refractivity contribution in [2.45, 2.75) is 78.2 Å². The molecular formula is C35H40N2O2. The van der Waals surface area contributed by atoms with Crippen LogP contribution in [-0.2, 0) is 22.4 Å². The SMILES string of the molecule is CC(=O)O[C@H]1CC[C@H]2[C@@H]3CC[C@H]4Cc5nc(-c6ccccc6)c(-c6ccccc6)nc5C[C@]4(C)[C@H]3CC[C@]12C. The summed E-state index contributed by atoms with van der Waals surface area (Å²) < 4.78 is 5.89. The first kappa shape index (κ1) is 25.0. The van der Waals surface area contributed by atoms with Crippen LogP contribution in [0.1, 0.15) is 70.7 Å². The minimum Gasteiger partial charge on any atom is -0.462 e. The summed E-state index contributed by atoms with van der Waals surface area (Å²) >= 11 is 0. The van der Waals surface area contributed by atoms with Crippen LogP contribution in [0.25, 0.3) is 22.5 Å². The van der Waals surface area contributed by atoms with Gasteiger partial charge in [-0.05, 0) is 80.5 Å². The molecule has 4 heteroatoms. The molecule has 4 aliphatic carbocycles. The summed E-state index contributed by atoms with van der Waals surface area (Å²) in [5.41, 5.74) is 7.09. The van der Waals surface area contributed by atoms with Crippen LogP contribution in [0.15, 0.2) is 60.7 Å². The van der Waals surface area contributed by atoms with Gasteiger partial charge in [0.15, 0.2) is 0 Å². The van der Waals surface area contributed by atoms with Crippen molar-refractivity contribution in [3.8, 4) is 22.5 Å². The van der Waals surface area contributed by atoms with Crippen molar-refractivity contribution in [3.63, 3.8) is 0 Å². The summed E-state index contributed by atoms with van der Waals surface area (Å²) in [6, 6.07) is 21.1. The van der Waals surface area contributed by atoms with Gasteiger partial charge in [0, 0.05) is 23.5 Å². The van der Waals surface area contributed by atoms with E-state index >= 15 is 0 Å². The average Bonchev–Trinajstić information content (AvgIpc) is 3.27. The molecule has 0 bridgehead atoms. The molecular weight excluding hydrogens is 480 g/mol. The summed E-state index contributed by atoms with van der Waals surface area (Å²) in [5, 5.41) is 0. The second-order valence-corrected chi connectivity index (χ2v) is 13.3. The Morgan fingerprint density at radius 3 is 2.03 bits per heavy atom. The highest BCUT2D eigenvalue weighted by atomic mass is 16.5. The average molecular weight is 521 g/mol. The largest absolute Gasteiger partial charge is 0.462 e. The van der Waals surface area contributed by atoms with E-state index in [1.807, 2.05) is 0 Å². The molecule has 0 saturated heterocycles. The molecule has 7 rings (SSSR count). The van der Waals surface area contributed by atoms with Crippen molar-refractivity contribution in [2.24, 2.45) is 34.5 Å². The van der Waals surface area contributed by atoms with Gasteiger partial charge in [0.05, 0.1) is 22.8 Å². The Bertz CT molecular complexity index is 1390. The molecule has 4 nitrogen and oxygen atoms in total. The first-order valence-electron chi connectivity index (χ1n) is 15.0. The summed E-state index contributed by atoms with van der Waals surface area (Å²) in [6.45, 7) is 6.57. The van der Waals surface area contributed by atoms with Gasteiger partial charge in [0.25, 0.3) is 0 Å². The molecule has 2 aromatic carbocycles. The molecule has 1 heterocycles. The van der Waals surface area contributed by atoms with Crippen molar-refractivity contribution < 1.29 is 9.53 Å². The van der Waals surface area contributed by atoms with E-state index < -0.39 is 0 Å². The maximum Gasteiger partial charge on any atom is 0.302 e. The Balaban J connectivity index is 1.25. The Morgan fingerprint density at radius 1 is 0.769 bits per heavy atom. The molecule has 39 heavy (non-hydrogen) atoms. The van der Waals surface area contributed by atoms with E-state index in [9.17, 15) is 4.79 Å². The Morgan fingerprint density at radius 2 is 1.38 bits per heavy atom. The summed E-state index contributed by atoms with van der Waals surface area (Å²) in [7, 11) is 0. The molecule has 0 amide bonds. The zero-order valence-electron chi connectivity index (χ0n) is 23.5. The minimum absolute atomic E-state index is 0.0919. The Labute approximate surface area is 232 Å². The number of esters is 1. The van der Waals surface area contributed by atoms with Gasteiger partial charge in [-0.2, -0.15) is 0 Å². The molecule has 0 unspecified atom stereocenters. The van der Waals surface area contributed by atoms with E-state index in [1.165, 1.54) is 43.5 Å². The van der Waals surface area contributed by atoms with Gasteiger partial charge in [0.2, 0.25) is 0 Å². The van der Waals surface area contributed by atoms with E-state index in [0.29, 0.717) is 17.8 Å². The van der Waals surface area contributed by atoms with Crippen molar-refractivity contribution in [1.29, 1.82) is 0 Å². The van der Waals surface area contributed by atoms with E-state index in [1.54, 1.807) is 6.92 Å². The monoisotopic (exact) mass is 520 g/mol. The fourth-order valence-corrected chi connectivity index (χ4v) is 9.49. The third kappa shape index (κ3) is 3.97. The van der Waals surface area contributed by atoms with Crippen molar-refractivity contribution >= 4 is 5.97 Å². The van der Waals surface area contributed by atoms with Crippen LogP contribution < -0.4 is 0 Å². The van der Waals surface area contributed by atoms with E-state index in [4.69, 9.17) is 14.7 Å². The van der Waals surface area contributed by atoms with Gasteiger partial charge < -0.3 is 4.74 Å². The number of rotatable bonds is 3. The molecule has 1 aromatic heterocycles. The highest BCUT2D eigenvalue weighted by Crippen LogP contribution is 2.66. The Hall–Kier alpha value is -3.01. The van der Waals surface area contributed by atoms with E-state index in [0.717, 1.165) is 47.7 Å². The lowest BCUT2D eigenvalue weighted by Gasteiger charge is -2.60. The van der Waals surface area contributed by atoms with Crippen molar-refractivity contribution in [1.82, 2.24) is 9.97 Å². The smallest absolute Gasteiger partial charge is 0.302 e. The zero-order valence-corrected chi connectivity index (χ0v) is 23.5. The van der Waals surface area contributed by atoms with Gasteiger partial charge in [0.1, 0.15) is 6.10 Å². The topological polar surface area (TPSA) is 52.1 Å². The predicted molar refractivity (Wildman–Crippen MR) is 154 cm³/mol. The standard InChI is InChI=1S/C35H40N2O2/c1-22(38)39-31-17-16-27-26-15-14-25-20-29-30(21-35(25,3)28(26)18-19-34(27,31)2)37-33(24-12-8-5-9-13-24)32(36-29)23-10-6-4-7-11-23/h4-13,25-28,31H,14-21H2,1-3H3/t25-,26-,27-,28-,31-,34-,35-/m0/s1. The zero-order chi connectivity index (χ0) is 26.8. The second-order valence-electron chi connectivity index (χ2n) is 13.3. The molecule has 0 spiro atoms. The number of ether oxygens (including phenoxy) is 1. The molecule has 0 radical (unpaired) electrons. The van der Waals surface area contributed by atoms with Crippen LogP contribution in [0.3, 0.4) is 0 Å². The number of fused-ring (bicyclic) bond motifs is 6.